The van der Waals surface area contributed by atoms with Crippen LogP contribution < -0.4 is 16.4 Å². The molecule has 1 aliphatic carbocycles. The van der Waals surface area contributed by atoms with Crippen LogP contribution in [0.2, 0.25) is 0 Å². The second-order valence-electron chi connectivity index (χ2n) is 8.73. The lowest BCUT2D eigenvalue weighted by atomic mass is 9.75. The zero-order chi connectivity index (χ0) is 19.7. The average molecular weight is 374 g/mol. The maximum absolute atomic E-state index is 12.0. The minimum Gasteiger partial charge on any atom is -0.457 e. The van der Waals surface area contributed by atoms with Crippen LogP contribution in [0.3, 0.4) is 0 Å². The lowest BCUT2D eigenvalue weighted by Crippen LogP contribution is -2.38. The van der Waals surface area contributed by atoms with Crippen molar-refractivity contribution in [2.45, 2.75) is 65.1 Å². The molecule has 2 unspecified atom stereocenters. The zero-order valence-electron chi connectivity index (χ0n) is 16.5. The summed E-state index contributed by atoms with van der Waals surface area (Å²) < 4.78 is 5.68. The van der Waals surface area contributed by atoms with E-state index in [1.54, 1.807) is 19.2 Å². The molecule has 7 nitrogen and oxygen atoms in total. The minimum absolute atomic E-state index is 0.0979. The highest BCUT2D eigenvalue weighted by Crippen LogP contribution is 2.37. The van der Waals surface area contributed by atoms with Crippen molar-refractivity contribution in [1.82, 2.24) is 10.3 Å². The lowest BCUT2D eigenvalue weighted by Gasteiger charge is -2.35. The molecule has 1 aliphatic heterocycles. The third-order valence-corrected chi connectivity index (χ3v) is 5.98. The smallest absolute Gasteiger partial charge is 0.235 e. The molecule has 7 heteroatoms. The Morgan fingerprint density at radius 1 is 1.37 bits per heavy atom. The Kier molecular flexibility index (Phi) is 5.42. The number of carbonyl (C=O) groups is 1. The molecular formula is C20H31N5O2. The van der Waals surface area contributed by atoms with Gasteiger partial charge in [-0.05, 0) is 56.6 Å². The van der Waals surface area contributed by atoms with Gasteiger partial charge in [-0.15, -0.1) is 0 Å². The Hall–Kier alpha value is -2.15. The standard InChI is InChI=1S/C20H31N5O2/c1-19(2)8-6-13(7-9-19)25-16-14(5-4-11-23-16)15(21)27-17(22)20(3)10-12-24-18(20)26/h4-5,11,13,15,22H,6-10,12,21H2,1-3H3,(H,23,25)(H,24,26). The van der Waals surface area contributed by atoms with Crippen molar-refractivity contribution in [3.63, 3.8) is 0 Å². The van der Waals surface area contributed by atoms with Crippen LogP contribution in [0.15, 0.2) is 18.3 Å². The molecule has 5 N–H and O–H groups in total. The van der Waals surface area contributed by atoms with Crippen molar-refractivity contribution in [2.75, 3.05) is 11.9 Å². The van der Waals surface area contributed by atoms with Crippen molar-refractivity contribution < 1.29 is 9.53 Å². The fraction of sp³-hybridized carbons (Fsp3) is 0.650. The molecule has 1 amide bonds. The highest BCUT2D eigenvalue weighted by Gasteiger charge is 2.44. The van der Waals surface area contributed by atoms with Crippen molar-refractivity contribution in [3.8, 4) is 0 Å². The summed E-state index contributed by atoms with van der Waals surface area (Å²) in [6.07, 6.45) is 5.94. The summed E-state index contributed by atoms with van der Waals surface area (Å²) >= 11 is 0. The Morgan fingerprint density at radius 2 is 2.07 bits per heavy atom. The van der Waals surface area contributed by atoms with Crippen molar-refractivity contribution in [1.29, 1.82) is 5.41 Å². The molecular weight excluding hydrogens is 342 g/mol. The monoisotopic (exact) mass is 373 g/mol. The fourth-order valence-corrected chi connectivity index (χ4v) is 3.78. The van der Waals surface area contributed by atoms with E-state index >= 15 is 0 Å². The summed E-state index contributed by atoms with van der Waals surface area (Å²) in [6, 6.07) is 4.02. The first-order chi connectivity index (χ1) is 12.7. The lowest BCUT2D eigenvalue weighted by molar-refractivity contribution is -0.124. The number of nitrogens with one attached hydrogen (secondary N) is 3. The highest BCUT2D eigenvalue weighted by molar-refractivity contribution is 6.04. The van der Waals surface area contributed by atoms with E-state index in [2.05, 4.69) is 29.5 Å². The second-order valence-corrected chi connectivity index (χ2v) is 8.73. The summed E-state index contributed by atoms with van der Waals surface area (Å²) in [7, 11) is 0. The number of rotatable bonds is 5. The molecule has 2 heterocycles. The number of nitrogens with two attached hydrogens (primary N) is 1. The van der Waals surface area contributed by atoms with Crippen LogP contribution in [0.1, 0.15) is 64.7 Å². The Labute approximate surface area is 161 Å². The minimum atomic E-state index is -0.956. The number of pyridine rings is 1. The third kappa shape index (κ3) is 4.24. The molecule has 148 valence electrons. The molecule has 0 bridgehead atoms. The van der Waals surface area contributed by atoms with Crippen LogP contribution in [0.4, 0.5) is 5.82 Å². The summed E-state index contributed by atoms with van der Waals surface area (Å²) in [5.74, 6) is 0.414. The van der Waals surface area contributed by atoms with Crippen LogP contribution in [0.5, 0.6) is 0 Å². The van der Waals surface area contributed by atoms with Crippen LogP contribution in [0.25, 0.3) is 0 Å². The topological polar surface area (TPSA) is 113 Å². The summed E-state index contributed by atoms with van der Waals surface area (Å²) in [6.45, 7) is 6.89. The number of amides is 1. The number of hydrogen-bond donors (Lipinski definition) is 4. The van der Waals surface area contributed by atoms with E-state index in [1.807, 2.05) is 6.07 Å². The van der Waals surface area contributed by atoms with E-state index in [1.165, 1.54) is 12.8 Å². The van der Waals surface area contributed by atoms with Crippen LogP contribution in [-0.4, -0.2) is 29.4 Å². The molecule has 1 saturated heterocycles. The third-order valence-electron chi connectivity index (χ3n) is 5.98. The average Bonchev–Trinajstić information content (AvgIpc) is 2.97. The van der Waals surface area contributed by atoms with E-state index in [4.69, 9.17) is 15.9 Å². The van der Waals surface area contributed by atoms with E-state index in [0.717, 1.165) is 12.8 Å². The van der Waals surface area contributed by atoms with Gasteiger partial charge in [0.1, 0.15) is 11.2 Å². The van der Waals surface area contributed by atoms with E-state index in [9.17, 15) is 4.79 Å². The Morgan fingerprint density at radius 3 is 2.70 bits per heavy atom. The molecule has 0 spiro atoms. The molecule has 3 rings (SSSR count). The fourth-order valence-electron chi connectivity index (χ4n) is 3.78. The SMILES string of the molecule is CC1(C)CCC(Nc2ncccc2C(N)OC(=N)C2(C)CCNC2=O)CC1. The van der Waals surface area contributed by atoms with E-state index < -0.39 is 11.6 Å². The number of ether oxygens (including phenoxy) is 1. The molecule has 1 aromatic heterocycles. The first kappa shape index (κ1) is 19.6. The maximum Gasteiger partial charge on any atom is 0.235 e. The van der Waals surface area contributed by atoms with Gasteiger partial charge in [-0.2, -0.15) is 0 Å². The zero-order valence-corrected chi connectivity index (χ0v) is 16.5. The van der Waals surface area contributed by atoms with Gasteiger partial charge in [0.05, 0.1) is 0 Å². The normalized spacial score (nSPS) is 26.3. The van der Waals surface area contributed by atoms with Gasteiger partial charge >= 0.3 is 0 Å². The largest absolute Gasteiger partial charge is 0.457 e. The molecule has 1 saturated carbocycles. The maximum atomic E-state index is 12.0. The van der Waals surface area contributed by atoms with Gasteiger partial charge in [0.2, 0.25) is 5.91 Å². The molecule has 2 atom stereocenters. The van der Waals surface area contributed by atoms with Crippen molar-refractivity contribution in [3.05, 3.63) is 23.9 Å². The van der Waals surface area contributed by atoms with E-state index in [-0.39, 0.29) is 11.8 Å². The second kappa shape index (κ2) is 7.46. The van der Waals surface area contributed by atoms with Gasteiger partial charge in [-0.3, -0.25) is 15.9 Å². The first-order valence-corrected chi connectivity index (χ1v) is 9.72. The van der Waals surface area contributed by atoms with E-state index in [0.29, 0.717) is 35.8 Å². The molecule has 27 heavy (non-hydrogen) atoms. The van der Waals surface area contributed by atoms with Gasteiger partial charge in [0, 0.05) is 24.3 Å². The quantitative estimate of drug-likeness (QED) is 0.360. The molecule has 0 radical (unpaired) electrons. The highest BCUT2D eigenvalue weighted by atomic mass is 16.5. The summed E-state index contributed by atoms with van der Waals surface area (Å²) in [4.78, 5) is 16.5. The number of aromatic nitrogens is 1. The summed E-state index contributed by atoms with van der Waals surface area (Å²) in [5, 5.41) is 14.5. The first-order valence-electron chi connectivity index (χ1n) is 9.72. The molecule has 2 aliphatic rings. The van der Waals surface area contributed by atoms with Crippen LogP contribution >= 0.6 is 0 Å². The van der Waals surface area contributed by atoms with Crippen molar-refractivity contribution in [2.24, 2.45) is 16.6 Å². The van der Waals surface area contributed by atoms with Gasteiger partial charge in [0.15, 0.2) is 12.1 Å². The molecule has 2 fully saturated rings. The summed E-state index contributed by atoms with van der Waals surface area (Å²) in [5.41, 5.74) is 6.39. The molecule has 0 aromatic carbocycles. The molecule has 1 aromatic rings. The van der Waals surface area contributed by atoms with Crippen molar-refractivity contribution >= 4 is 17.6 Å². The van der Waals surface area contributed by atoms with Gasteiger partial charge < -0.3 is 15.4 Å². The Bertz CT molecular complexity index is 710. The van der Waals surface area contributed by atoms with Gasteiger partial charge in [-0.25, -0.2) is 4.98 Å². The number of hydrogen-bond acceptors (Lipinski definition) is 6. The van der Waals surface area contributed by atoms with Crippen LogP contribution in [0, 0.1) is 16.2 Å². The number of anilines is 1. The number of carbonyl (C=O) groups excluding carboxylic acids is 1. The van der Waals surface area contributed by atoms with Gasteiger partial charge in [-0.1, -0.05) is 13.8 Å². The van der Waals surface area contributed by atoms with Crippen LogP contribution in [-0.2, 0) is 9.53 Å². The predicted molar refractivity (Wildman–Crippen MR) is 105 cm³/mol. The predicted octanol–water partition coefficient (Wildman–Crippen LogP) is 2.94. The Balaban J connectivity index is 1.68. The number of nitrogens with zero attached hydrogens (tertiary/aromatic N) is 1. The van der Waals surface area contributed by atoms with Gasteiger partial charge in [0.25, 0.3) is 0 Å².